The van der Waals surface area contributed by atoms with Crippen LogP contribution in [0.25, 0.3) is 0 Å². The third-order valence-electron chi connectivity index (χ3n) is 3.84. The van der Waals surface area contributed by atoms with Crippen LogP contribution in [0.1, 0.15) is 26.7 Å². The molecule has 1 aromatic heterocycles. The molecular formula is C15H24N4O4. The van der Waals surface area contributed by atoms with Crippen molar-refractivity contribution in [2.45, 2.75) is 44.9 Å². The molecule has 0 aliphatic heterocycles. The summed E-state index contributed by atoms with van der Waals surface area (Å²) in [5.74, 6) is 0.370. The van der Waals surface area contributed by atoms with E-state index in [2.05, 4.69) is 20.6 Å². The number of rotatable bonds is 6. The summed E-state index contributed by atoms with van der Waals surface area (Å²) in [6.07, 6.45) is 3.60. The fourth-order valence-electron chi connectivity index (χ4n) is 2.72. The Morgan fingerprint density at radius 2 is 2.09 bits per heavy atom. The van der Waals surface area contributed by atoms with Gasteiger partial charge in [0.05, 0.1) is 25.0 Å². The van der Waals surface area contributed by atoms with Gasteiger partial charge in [-0.2, -0.15) is 0 Å². The van der Waals surface area contributed by atoms with Crippen LogP contribution >= 0.6 is 0 Å². The Morgan fingerprint density at radius 1 is 1.39 bits per heavy atom. The molecule has 1 fully saturated rings. The number of hydrogen-bond donors (Lipinski definition) is 4. The number of amides is 2. The number of hydrogen-bond acceptors (Lipinski definition) is 6. The molecular weight excluding hydrogens is 300 g/mol. The molecule has 0 radical (unpaired) electrons. The molecule has 4 N–H and O–H groups in total. The van der Waals surface area contributed by atoms with Crippen molar-refractivity contribution in [3.8, 4) is 5.88 Å². The minimum absolute atomic E-state index is 0.0292. The number of urea groups is 1. The van der Waals surface area contributed by atoms with Crippen LogP contribution in [0.5, 0.6) is 5.88 Å². The van der Waals surface area contributed by atoms with Crippen LogP contribution in [-0.2, 0) is 0 Å². The van der Waals surface area contributed by atoms with Crippen molar-refractivity contribution < 1.29 is 19.7 Å². The lowest BCUT2D eigenvalue weighted by Crippen LogP contribution is -2.46. The Balaban J connectivity index is 1.97. The lowest BCUT2D eigenvalue weighted by atomic mass is 9.86. The number of carbonyl (C=O) groups excluding carboxylic acids is 1. The first-order chi connectivity index (χ1) is 10.9. The van der Waals surface area contributed by atoms with Gasteiger partial charge in [-0.25, -0.2) is 9.78 Å². The van der Waals surface area contributed by atoms with Gasteiger partial charge < -0.3 is 25.6 Å². The standard InChI is InChI=1S/C15H24N4O4/c1-10(2)19-14(22)18-8-15(5-11(20)12(21)6-15)9-23-13-7-16-3-4-17-13/h3-4,7,10-12,20-21H,5-6,8-9H2,1-2H3,(H2,18,19,22)/t11-,12+,15?. The number of ether oxygens (including phenoxy) is 1. The maximum atomic E-state index is 11.8. The van der Waals surface area contributed by atoms with Crippen LogP contribution in [0.4, 0.5) is 4.79 Å². The fourth-order valence-corrected chi connectivity index (χ4v) is 2.72. The first-order valence-corrected chi connectivity index (χ1v) is 7.69. The van der Waals surface area contributed by atoms with Gasteiger partial charge in [-0.3, -0.25) is 4.98 Å². The lowest BCUT2D eigenvalue weighted by Gasteiger charge is -2.29. The summed E-state index contributed by atoms with van der Waals surface area (Å²) in [5, 5.41) is 25.3. The zero-order chi connectivity index (χ0) is 16.9. The lowest BCUT2D eigenvalue weighted by molar-refractivity contribution is 0.0438. The summed E-state index contributed by atoms with van der Waals surface area (Å²) in [6, 6.07) is -0.253. The summed E-state index contributed by atoms with van der Waals surface area (Å²) < 4.78 is 5.64. The average Bonchev–Trinajstić information content (AvgIpc) is 2.79. The van der Waals surface area contributed by atoms with Crippen molar-refractivity contribution in [3.05, 3.63) is 18.6 Å². The van der Waals surface area contributed by atoms with E-state index in [9.17, 15) is 15.0 Å². The molecule has 1 aromatic rings. The second kappa shape index (κ2) is 7.56. The molecule has 1 aliphatic rings. The molecule has 8 nitrogen and oxygen atoms in total. The van der Waals surface area contributed by atoms with Gasteiger partial charge in [0, 0.05) is 30.4 Å². The van der Waals surface area contributed by atoms with Crippen molar-refractivity contribution in [2.24, 2.45) is 5.41 Å². The number of aliphatic hydroxyl groups is 2. The quantitative estimate of drug-likeness (QED) is 0.588. The first-order valence-electron chi connectivity index (χ1n) is 7.69. The van der Waals surface area contributed by atoms with E-state index < -0.39 is 17.6 Å². The van der Waals surface area contributed by atoms with Crippen LogP contribution in [0.15, 0.2) is 18.6 Å². The first kappa shape index (κ1) is 17.4. The van der Waals surface area contributed by atoms with Gasteiger partial charge in [-0.1, -0.05) is 0 Å². The minimum atomic E-state index is -0.824. The average molecular weight is 324 g/mol. The van der Waals surface area contributed by atoms with Gasteiger partial charge in [0.2, 0.25) is 5.88 Å². The monoisotopic (exact) mass is 324 g/mol. The highest BCUT2D eigenvalue weighted by Crippen LogP contribution is 2.38. The maximum absolute atomic E-state index is 11.8. The highest BCUT2D eigenvalue weighted by atomic mass is 16.5. The molecule has 3 atom stereocenters. The molecule has 1 heterocycles. The Hall–Kier alpha value is -1.93. The number of aromatic nitrogens is 2. The Labute approximate surface area is 135 Å². The van der Waals surface area contributed by atoms with Gasteiger partial charge >= 0.3 is 6.03 Å². The van der Waals surface area contributed by atoms with E-state index in [-0.39, 0.29) is 18.7 Å². The molecule has 2 rings (SSSR count). The predicted molar refractivity (Wildman–Crippen MR) is 82.9 cm³/mol. The predicted octanol–water partition coefficient (Wildman–Crippen LogP) is 0.0650. The zero-order valence-electron chi connectivity index (χ0n) is 13.4. The summed E-state index contributed by atoms with van der Waals surface area (Å²) in [7, 11) is 0. The molecule has 2 amide bonds. The van der Waals surface area contributed by atoms with Crippen molar-refractivity contribution in [3.63, 3.8) is 0 Å². The minimum Gasteiger partial charge on any atom is -0.476 e. The fraction of sp³-hybridized carbons (Fsp3) is 0.667. The number of aliphatic hydroxyl groups excluding tert-OH is 2. The van der Waals surface area contributed by atoms with Gasteiger partial charge in [-0.05, 0) is 26.7 Å². The normalized spacial score (nSPS) is 27.0. The molecule has 8 heteroatoms. The van der Waals surface area contributed by atoms with E-state index in [1.54, 1.807) is 6.20 Å². The van der Waals surface area contributed by atoms with Crippen LogP contribution in [0.2, 0.25) is 0 Å². The van der Waals surface area contributed by atoms with E-state index in [0.717, 1.165) is 0 Å². The van der Waals surface area contributed by atoms with Gasteiger partial charge in [0.15, 0.2) is 0 Å². The van der Waals surface area contributed by atoms with E-state index in [0.29, 0.717) is 25.3 Å². The molecule has 0 spiro atoms. The molecule has 1 saturated carbocycles. The van der Waals surface area contributed by atoms with Crippen LogP contribution in [0, 0.1) is 5.41 Å². The SMILES string of the molecule is CC(C)NC(=O)NCC1(COc2cnccn2)C[C@@H](O)[C@@H](O)C1. The number of nitrogens with zero attached hydrogens (tertiary/aromatic N) is 2. The van der Waals surface area contributed by atoms with Crippen molar-refractivity contribution in [2.75, 3.05) is 13.2 Å². The zero-order valence-corrected chi connectivity index (χ0v) is 13.4. The van der Waals surface area contributed by atoms with Crippen LogP contribution in [-0.4, -0.2) is 57.6 Å². The summed E-state index contributed by atoms with van der Waals surface area (Å²) >= 11 is 0. The third-order valence-corrected chi connectivity index (χ3v) is 3.84. The Morgan fingerprint density at radius 3 is 2.65 bits per heavy atom. The van der Waals surface area contributed by atoms with E-state index in [4.69, 9.17) is 4.74 Å². The van der Waals surface area contributed by atoms with E-state index in [1.165, 1.54) is 12.4 Å². The highest BCUT2D eigenvalue weighted by Gasteiger charge is 2.45. The van der Waals surface area contributed by atoms with Crippen molar-refractivity contribution >= 4 is 6.03 Å². The number of carbonyl (C=O) groups is 1. The molecule has 1 aliphatic carbocycles. The molecule has 0 saturated heterocycles. The van der Waals surface area contributed by atoms with Gasteiger partial charge in [-0.15, -0.1) is 0 Å². The Bertz CT molecular complexity index is 501. The maximum Gasteiger partial charge on any atom is 0.315 e. The Kier molecular flexibility index (Phi) is 5.73. The topological polar surface area (TPSA) is 117 Å². The van der Waals surface area contributed by atoms with Crippen LogP contribution in [0.3, 0.4) is 0 Å². The largest absolute Gasteiger partial charge is 0.476 e. The van der Waals surface area contributed by atoms with E-state index >= 15 is 0 Å². The third kappa shape index (κ3) is 5.04. The second-order valence-electron chi connectivity index (χ2n) is 6.36. The molecule has 23 heavy (non-hydrogen) atoms. The van der Waals surface area contributed by atoms with Gasteiger partial charge in [0.25, 0.3) is 0 Å². The molecule has 0 bridgehead atoms. The summed E-state index contributed by atoms with van der Waals surface area (Å²) in [6.45, 7) is 4.26. The second-order valence-corrected chi connectivity index (χ2v) is 6.36. The molecule has 128 valence electrons. The van der Waals surface area contributed by atoms with Gasteiger partial charge in [0.1, 0.15) is 0 Å². The number of nitrogens with one attached hydrogen (secondary N) is 2. The van der Waals surface area contributed by atoms with Crippen molar-refractivity contribution in [1.29, 1.82) is 0 Å². The smallest absolute Gasteiger partial charge is 0.315 e. The summed E-state index contributed by atoms with van der Waals surface area (Å²) in [5.41, 5.74) is -0.551. The van der Waals surface area contributed by atoms with Crippen molar-refractivity contribution in [1.82, 2.24) is 20.6 Å². The molecule has 0 aromatic carbocycles. The molecule has 1 unspecified atom stereocenters. The van der Waals surface area contributed by atoms with Crippen LogP contribution < -0.4 is 15.4 Å². The summed E-state index contributed by atoms with van der Waals surface area (Å²) in [4.78, 5) is 19.7. The van der Waals surface area contributed by atoms with E-state index in [1.807, 2.05) is 13.8 Å². The highest BCUT2D eigenvalue weighted by molar-refractivity contribution is 5.74.